The highest BCUT2D eigenvalue weighted by Gasteiger charge is 2.12. The molecule has 0 saturated heterocycles. The van der Waals surface area contributed by atoms with Gasteiger partial charge in [0.25, 0.3) is 10.8 Å². The SMILES string of the molecule is COc1ccccc1NC(=O)CSc1nnc(CSc2nc(C)cc(=O)[nH]2)o1. The molecule has 1 aromatic carbocycles. The molecule has 28 heavy (non-hydrogen) atoms. The lowest BCUT2D eigenvalue weighted by Crippen LogP contribution is -2.14. The number of ether oxygens (including phenoxy) is 1. The highest BCUT2D eigenvalue weighted by molar-refractivity contribution is 7.99. The highest BCUT2D eigenvalue weighted by atomic mass is 32.2. The normalized spacial score (nSPS) is 10.6. The molecular weight excluding hydrogens is 402 g/mol. The van der Waals surface area contributed by atoms with Crippen LogP contribution in [0.25, 0.3) is 0 Å². The zero-order valence-electron chi connectivity index (χ0n) is 15.1. The quantitative estimate of drug-likeness (QED) is 0.419. The molecule has 0 aliphatic rings. The van der Waals surface area contributed by atoms with Crippen molar-refractivity contribution >= 4 is 35.1 Å². The Morgan fingerprint density at radius 3 is 2.89 bits per heavy atom. The summed E-state index contributed by atoms with van der Waals surface area (Å²) in [5, 5.41) is 11.4. The van der Waals surface area contributed by atoms with Gasteiger partial charge in [0.15, 0.2) is 5.16 Å². The summed E-state index contributed by atoms with van der Waals surface area (Å²) >= 11 is 2.41. The first-order valence-corrected chi connectivity index (χ1v) is 10.1. The molecule has 2 N–H and O–H groups in total. The van der Waals surface area contributed by atoms with Crippen LogP contribution in [0, 0.1) is 6.92 Å². The number of methoxy groups -OCH3 is 1. The molecule has 0 bridgehead atoms. The number of para-hydroxylation sites is 2. The Morgan fingerprint density at radius 2 is 2.11 bits per heavy atom. The summed E-state index contributed by atoms with van der Waals surface area (Å²) in [5.41, 5.74) is 1.02. The van der Waals surface area contributed by atoms with Crippen LogP contribution in [0.5, 0.6) is 5.75 Å². The molecule has 0 aliphatic heterocycles. The van der Waals surface area contributed by atoms with Gasteiger partial charge >= 0.3 is 0 Å². The fourth-order valence-corrected chi connectivity index (χ4v) is 3.50. The number of nitrogens with zero attached hydrogens (tertiary/aromatic N) is 3. The van der Waals surface area contributed by atoms with Crippen LogP contribution in [0.1, 0.15) is 11.6 Å². The zero-order chi connectivity index (χ0) is 19.9. The molecule has 0 radical (unpaired) electrons. The maximum atomic E-state index is 12.1. The molecule has 146 valence electrons. The van der Waals surface area contributed by atoms with Crippen molar-refractivity contribution in [3.05, 3.63) is 52.3 Å². The molecule has 0 saturated carbocycles. The highest BCUT2D eigenvalue weighted by Crippen LogP contribution is 2.24. The van der Waals surface area contributed by atoms with Gasteiger partial charge in [-0.1, -0.05) is 35.7 Å². The number of hydrogen-bond donors (Lipinski definition) is 2. The number of hydrogen-bond acceptors (Lipinski definition) is 9. The minimum Gasteiger partial charge on any atom is -0.495 e. The molecule has 3 rings (SSSR count). The van der Waals surface area contributed by atoms with Gasteiger partial charge in [-0.05, 0) is 19.1 Å². The van der Waals surface area contributed by atoms with Gasteiger partial charge in [0.1, 0.15) is 5.75 Å². The third-order valence-electron chi connectivity index (χ3n) is 3.34. The molecular formula is C17H17N5O4S2. The molecule has 0 aliphatic carbocycles. The van der Waals surface area contributed by atoms with E-state index >= 15 is 0 Å². The predicted molar refractivity (Wildman–Crippen MR) is 106 cm³/mol. The number of aryl methyl sites for hydroxylation is 1. The van der Waals surface area contributed by atoms with Crippen LogP contribution in [-0.2, 0) is 10.5 Å². The number of aromatic nitrogens is 4. The van der Waals surface area contributed by atoms with Gasteiger partial charge in [-0.15, -0.1) is 10.2 Å². The topological polar surface area (TPSA) is 123 Å². The number of H-pyrrole nitrogens is 1. The summed E-state index contributed by atoms with van der Waals surface area (Å²) in [7, 11) is 1.54. The van der Waals surface area contributed by atoms with Crippen molar-refractivity contribution in [2.24, 2.45) is 0 Å². The fourth-order valence-electron chi connectivity index (χ4n) is 2.17. The van der Waals surface area contributed by atoms with Gasteiger partial charge in [-0.2, -0.15) is 0 Å². The van der Waals surface area contributed by atoms with Crippen molar-refractivity contribution in [3.8, 4) is 5.75 Å². The Balaban J connectivity index is 1.50. The van der Waals surface area contributed by atoms with Crippen molar-refractivity contribution in [1.82, 2.24) is 20.2 Å². The number of amides is 1. The minimum absolute atomic E-state index is 0.111. The van der Waals surface area contributed by atoms with Crippen molar-refractivity contribution in [3.63, 3.8) is 0 Å². The molecule has 1 amide bonds. The van der Waals surface area contributed by atoms with Crippen molar-refractivity contribution in [2.45, 2.75) is 23.1 Å². The van der Waals surface area contributed by atoms with Gasteiger partial charge in [0.05, 0.1) is 24.3 Å². The Kier molecular flexibility index (Phi) is 6.71. The van der Waals surface area contributed by atoms with E-state index in [1.807, 2.05) is 12.1 Å². The lowest BCUT2D eigenvalue weighted by molar-refractivity contribution is -0.113. The first kappa shape index (κ1) is 20.0. The molecule has 0 fully saturated rings. The number of carbonyl (C=O) groups excluding carboxylic acids is 1. The zero-order valence-corrected chi connectivity index (χ0v) is 16.7. The van der Waals surface area contributed by atoms with Crippen LogP contribution in [0.15, 0.2) is 49.9 Å². The predicted octanol–water partition coefficient (Wildman–Crippen LogP) is 2.49. The fraction of sp³-hybridized carbons (Fsp3) is 0.235. The van der Waals surface area contributed by atoms with Crippen molar-refractivity contribution in [1.29, 1.82) is 0 Å². The number of thioether (sulfide) groups is 2. The van der Waals surface area contributed by atoms with Crippen LogP contribution in [-0.4, -0.2) is 38.9 Å². The van der Waals surface area contributed by atoms with Gasteiger partial charge in [0.2, 0.25) is 11.8 Å². The van der Waals surface area contributed by atoms with E-state index in [0.29, 0.717) is 33.9 Å². The van der Waals surface area contributed by atoms with Crippen LogP contribution < -0.4 is 15.6 Å². The number of rotatable bonds is 8. The van der Waals surface area contributed by atoms with E-state index in [0.717, 1.165) is 11.8 Å². The lowest BCUT2D eigenvalue weighted by Gasteiger charge is -2.08. The van der Waals surface area contributed by atoms with E-state index in [9.17, 15) is 9.59 Å². The summed E-state index contributed by atoms with van der Waals surface area (Å²) in [6, 6.07) is 8.57. The Morgan fingerprint density at radius 1 is 1.29 bits per heavy atom. The first-order chi connectivity index (χ1) is 13.5. The molecule has 0 spiro atoms. The van der Waals surface area contributed by atoms with Gasteiger partial charge < -0.3 is 19.5 Å². The monoisotopic (exact) mass is 419 g/mol. The second-order valence-electron chi connectivity index (χ2n) is 5.48. The largest absolute Gasteiger partial charge is 0.495 e. The molecule has 3 aromatic rings. The van der Waals surface area contributed by atoms with E-state index in [1.54, 1.807) is 26.2 Å². The van der Waals surface area contributed by atoms with E-state index in [2.05, 4.69) is 25.5 Å². The van der Waals surface area contributed by atoms with Gasteiger partial charge in [0, 0.05) is 11.8 Å². The minimum atomic E-state index is -0.217. The standard InChI is InChI=1S/C17H17N5O4S2/c1-10-7-13(23)20-16(18-10)27-9-15-21-22-17(26-15)28-8-14(24)19-11-5-3-4-6-12(11)25-2/h3-7H,8-9H2,1-2H3,(H,19,24)(H,18,20,23). The number of carbonyl (C=O) groups is 1. The van der Waals surface area contributed by atoms with E-state index < -0.39 is 0 Å². The van der Waals surface area contributed by atoms with Crippen LogP contribution in [0.2, 0.25) is 0 Å². The number of aromatic amines is 1. The summed E-state index contributed by atoms with van der Waals surface area (Å²) < 4.78 is 10.7. The molecule has 11 heteroatoms. The lowest BCUT2D eigenvalue weighted by atomic mass is 10.3. The summed E-state index contributed by atoms with van der Waals surface area (Å²) in [6.45, 7) is 1.75. The smallest absolute Gasteiger partial charge is 0.277 e. The molecule has 0 unspecified atom stereocenters. The van der Waals surface area contributed by atoms with Gasteiger partial charge in [-0.3, -0.25) is 9.59 Å². The Bertz CT molecular complexity index is 1020. The van der Waals surface area contributed by atoms with Crippen LogP contribution in [0.3, 0.4) is 0 Å². The molecule has 9 nitrogen and oxygen atoms in total. The summed E-state index contributed by atoms with van der Waals surface area (Å²) in [4.78, 5) is 30.4. The second-order valence-corrected chi connectivity index (χ2v) is 7.37. The van der Waals surface area contributed by atoms with Crippen LogP contribution in [0.4, 0.5) is 5.69 Å². The Hall–Kier alpha value is -2.79. The summed E-state index contributed by atoms with van der Waals surface area (Å²) in [5.74, 6) is 1.21. The van der Waals surface area contributed by atoms with E-state index in [1.165, 1.54) is 17.8 Å². The van der Waals surface area contributed by atoms with E-state index in [4.69, 9.17) is 9.15 Å². The maximum absolute atomic E-state index is 12.1. The number of nitrogens with one attached hydrogen (secondary N) is 2. The maximum Gasteiger partial charge on any atom is 0.277 e. The molecule has 0 atom stereocenters. The molecule has 2 aromatic heterocycles. The third kappa shape index (κ3) is 5.60. The second kappa shape index (κ2) is 9.42. The average Bonchev–Trinajstić information content (AvgIpc) is 3.12. The third-order valence-corrected chi connectivity index (χ3v) is 5.01. The number of benzene rings is 1. The van der Waals surface area contributed by atoms with Gasteiger partial charge in [-0.25, -0.2) is 4.98 Å². The average molecular weight is 419 g/mol. The van der Waals surface area contributed by atoms with Crippen LogP contribution >= 0.6 is 23.5 Å². The van der Waals surface area contributed by atoms with Crippen molar-refractivity contribution in [2.75, 3.05) is 18.2 Å². The first-order valence-electron chi connectivity index (χ1n) is 8.12. The molecule has 2 heterocycles. The van der Waals surface area contributed by atoms with Crippen molar-refractivity contribution < 1.29 is 13.9 Å². The van der Waals surface area contributed by atoms with E-state index in [-0.39, 0.29) is 22.4 Å². The number of anilines is 1. The summed E-state index contributed by atoms with van der Waals surface area (Å²) in [6.07, 6.45) is 0. The Labute approximate surface area is 168 Å².